The highest BCUT2D eigenvalue weighted by atomic mass is 16.4. The summed E-state index contributed by atoms with van der Waals surface area (Å²) >= 11 is 0. The minimum atomic E-state index is -0.957. The molecule has 2 aliphatic rings. The number of hydrogen-bond donors (Lipinski definition) is 2. The fourth-order valence-corrected chi connectivity index (χ4v) is 4.47. The lowest BCUT2D eigenvalue weighted by molar-refractivity contribution is -0.118. The number of carbonyl (C=O) groups excluding carboxylic acids is 1. The first-order chi connectivity index (χ1) is 13.7. The molecular formula is C23H25N3O3. The molecule has 29 heavy (non-hydrogen) atoms. The van der Waals surface area contributed by atoms with Crippen LogP contribution in [-0.2, 0) is 4.79 Å². The van der Waals surface area contributed by atoms with Crippen LogP contribution in [0.3, 0.4) is 0 Å². The Hall–Kier alpha value is -3.15. The quantitative estimate of drug-likeness (QED) is 0.801. The number of nitrogens with one attached hydrogen (secondary N) is 1. The van der Waals surface area contributed by atoms with Gasteiger partial charge in [0.25, 0.3) is 0 Å². The average Bonchev–Trinajstić information content (AvgIpc) is 2.93. The maximum atomic E-state index is 12.9. The van der Waals surface area contributed by atoms with E-state index in [0.29, 0.717) is 12.8 Å². The first kappa shape index (κ1) is 19.2. The number of nitrogens with zero attached hydrogens (tertiary/aromatic N) is 2. The fraction of sp³-hybridized carbons (Fsp3) is 0.348. The normalized spacial score (nSPS) is 23.1. The smallest absolute Gasteiger partial charge is 0.335 e. The Morgan fingerprint density at radius 2 is 1.79 bits per heavy atom. The van der Waals surface area contributed by atoms with Crippen LogP contribution >= 0.6 is 0 Å². The summed E-state index contributed by atoms with van der Waals surface area (Å²) < 4.78 is 0. The van der Waals surface area contributed by atoms with E-state index in [0.717, 1.165) is 29.2 Å². The molecule has 1 aromatic heterocycles. The number of pyridine rings is 1. The molecule has 0 saturated heterocycles. The molecule has 0 saturated carbocycles. The molecule has 1 unspecified atom stereocenters. The second kappa shape index (κ2) is 6.72. The topological polar surface area (TPSA) is 82.5 Å². The monoisotopic (exact) mass is 391 g/mol. The van der Waals surface area contributed by atoms with Gasteiger partial charge in [-0.3, -0.25) is 4.79 Å². The lowest BCUT2D eigenvalue weighted by atomic mass is 9.76. The van der Waals surface area contributed by atoms with Crippen molar-refractivity contribution < 1.29 is 14.7 Å². The van der Waals surface area contributed by atoms with Crippen LogP contribution in [-0.4, -0.2) is 27.5 Å². The van der Waals surface area contributed by atoms with Crippen molar-refractivity contribution in [3.05, 3.63) is 65.5 Å². The Labute approximate surface area is 170 Å². The van der Waals surface area contributed by atoms with Crippen molar-refractivity contribution in [2.75, 3.05) is 10.2 Å². The molecule has 2 aromatic rings. The van der Waals surface area contributed by atoms with Gasteiger partial charge < -0.3 is 15.3 Å². The van der Waals surface area contributed by atoms with E-state index >= 15 is 0 Å². The van der Waals surface area contributed by atoms with Crippen molar-refractivity contribution in [1.82, 2.24) is 4.98 Å². The number of anilines is 2. The van der Waals surface area contributed by atoms with E-state index in [1.807, 2.05) is 30.3 Å². The summed E-state index contributed by atoms with van der Waals surface area (Å²) in [7, 11) is 0. The zero-order valence-corrected chi connectivity index (χ0v) is 16.9. The molecule has 1 aliphatic carbocycles. The van der Waals surface area contributed by atoms with E-state index in [-0.39, 0.29) is 16.8 Å². The minimum Gasteiger partial charge on any atom is -0.478 e. The Morgan fingerprint density at radius 3 is 2.41 bits per heavy atom. The van der Waals surface area contributed by atoms with Crippen molar-refractivity contribution in [3.8, 4) is 0 Å². The summed E-state index contributed by atoms with van der Waals surface area (Å²) in [5.74, 6) is -0.0371. The predicted octanol–water partition coefficient (Wildman–Crippen LogP) is 4.46. The van der Waals surface area contributed by atoms with E-state index in [1.165, 1.54) is 0 Å². The number of carboxylic acids is 1. The van der Waals surface area contributed by atoms with Crippen LogP contribution in [0.4, 0.5) is 11.5 Å². The van der Waals surface area contributed by atoms with Crippen molar-refractivity contribution in [2.45, 2.75) is 45.7 Å². The molecule has 0 radical (unpaired) electrons. The number of allylic oxidation sites excluding steroid dienone is 1. The van der Waals surface area contributed by atoms with Crippen molar-refractivity contribution in [3.63, 3.8) is 0 Å². The van der Waals surface area contributed by atoms with Gasteiger partial charge in [0, 0.05) is 36.0 Å². The van der Waals surface area contributed by atoms with Crippen LogP contribution in [0.15, 0.2) is 59.9 Å². The lowest BCUT2D eigenvalue weighted by Gasteiger charge is -2.41. The van der Waals surface area contributed by atoms with Crippen LogP contribution in [0.5, 0.6) is 0 Å². The number of ketones is 1. The largest absolute Gasteiger partial charge is 0.478 e. The number of hydrogen-bond acceptors (Lipinski definition) is 5. The van der Waals surface area contributed by atoms with Crippen molar-refractivity contribution in [1.29, 1.82) is 0 Å². The standard InChI is InChI=1S/C23H25N3O3/c1-22(2)13-18-17(19(27)14-22)12-23(3,25-20-6-4-5-11-24-20)26(18)16-9-7-15(8-10-16)21(28)29/h4-11H,12-14H2,1-3H3,(H,24,25)(H,28,29). The fourth-order valence-electron chi connectivity index (χ4n) is 4.47. The van der Waals surface area contributed by atoms with E-state index < -0.39 is 11.6 Å². The molecule has 2 heterocycles. The molecule has 1 aromatic carbocycles. The maximum absolute atomic E-state index is 12.9. The summed E-state index contributed by atoms with van der Waals surface area (Å²) in [6.07, 6.45) is 3.62. The lowest BCUT2D eigenvalue weighted by Crippen LogP contribution is -2.49. The molecule has 0 spiro atoms. The van der Waals surface area contributed by atoms with Gasteiger partial charge in [0.1, 0.15) is 11.5 Å². The molecule has 2 N–H and O–H groups in total. The summed E-state index contributed by atoms with van der Waals surface area (Å²) in [6, 6.07) is 12.5. The molecule has 0 amide bonds. The number of aromatic nitrogens is 1. The number of Topliss-reactive ketones (excluding diaryl/α,β-unsaturated/α-hetero) is 1. The Morgan fingerprint density at radius 1 is 1.07 bits per heavy atom. The number of rotatable bonds is 4. The van der Waals surface area contributed by atoms with E-state index in [2.05, 4.69) is 36.0 Å². The van der Waals surface area contributed by atoms with Crippen molar-refractivity contribution >= 4 is 23.3 Å². The molecule has 1 atom stereocenters. The zero-order chi connectivity index (χ0) is 20.8. The Bertz CT molecular complexity index is 996. The first-order valence-electron chi connectivity index (χ1n) is 9.77. The molecule has 1 aliphatic heterocycles. The van der Waals surface area contributed by atoms with Crippen LogP contribution in [0.1, 0.15) is 50.4 Å². The van der Waals surface area contributed by atoms with E-state index in [4.69, 9.17) is 0 Å². The molecular weight excluding hydrogens is 366 g/mol. The second-order valence-corrected chi connectivity index (χ2v) is 8.84. The first-order valence-corrected chi connectivity index (χ1v) is 9.77. The SMILES string of the molecule is CC1(C)CC(=O)C2=C(C1)N(c1ccc(C(=O)O)cc1)C(C)(Nc1ccccn1)C2. The average molecular weight is 391 g/mol. The van der Waals surface area contributed by atoms with Gasteiger partial charge in [0.15, 0.2) is 5.78 Å². The Balaban J connectivity index is 1.79. The molecule has 150 valence electrons. The number of benzene rings is 1. The van der Waals surface area contributed by atoms with Gasteiger partial charge in [0.05, 0.1) is 5.56 Å². The third kappa shape index (κ3) is 3.50. The predicted molar refractivity (Wildman–Crippen MR) is 112 cm³/mol. The van der Waals surface area contributed by atoms with E-state index in [9.17, 15) is 14.7 Å². The van der Waals surface area contributed by atoms with E-state index in [1.54, 1.807) is 18.3 Å². The van der Waals surface area contributed by atoms with Gasteiger partial charge in [-0.1, -0.05) is 19.9 Å². The minimum absolute atomic E-state index is 0.120. The molecule has 0 fully saturated rings. The molecule has 6 nitrogen and oxygen atoms in total. The van der Waals surface area contributed by atoms with Gasteiger partial charge in [-0.15, -0.1) is 0 Å². The number of carboxylic acid groups (broad SMARTS) is 1. The third-order valence-electron chi connectivity index (χ3n) is 5.69. The third-order valence-corrected chi connectivity index (χ3v) is 5.69. The van der Waals surface area contributed by atoms with Crippen LogP contribution in [0.2, 0.25) is 0 Å². The second-order valence-electron chi connectivity index (χ2n) is 8.84. The van der Waals surface area contributed by atoms with Crippen LogP contribution in [0.25, 0.3) is 0 Å². The van der Waals surface area contributed by atoms with Gasteiger partial charge in [-0.25, -0.2) is 9.78 Å². The van der Waals surface area contributed by atoms with Crippen LogP contribution < -0.4 is 10.2 Å². The van der Waals surface area contributed by atoms with Crippen LogP contribution in [0, 0.1) is 5.41 Å². The summed E-state index contributed by atoms with van der Waals surface area (Å²) in [4.78, 5) is 30.8. The summed E-state index contributed by atoms with van der Waals surface area (Å²) in [6.45, 7) is 6.29. The maximum Gasteiger partial charge on any atom is 0.335 e. The Kier molecular flexibility index (Phi) is 4.45. The molecule has 6 heteroatoms. The van der Waals surface area contributed by atoms with Gasteiger partial charge in [-0.2, -0.15) is 0 Å². The highest BCUT2D eigenvalue weighted by Crippen LogP contribution is 2.49. The summed E-state index contributed by atoms with van der Waals surface area (Å²) in [5.41, 5.74) is 2.27. The highest BCUT2D eigenvalue weighted by Gasteiger charge is 2.48. The zero-order valence-electron chi connectivity index (χ0n) is 16.9. The molecule has 4 rings (SSSR count). The number of carbonyl (C=O) groups is 2. The highest BCUT2D eigenvalue weighted by molar-refractivity contribution is 6.00. The molecule has 0 bridgehead atoms. The van der Waals surface area contributed by atoms with Gasteiger partial charge >= 0.3 is 5.97 Å². The number of aromatic carboxylic acids is 1. The van der Waals surface area contributed by atoms with Crippen molar-refractivity contribution in [2.24, 2.45) is 5.41 Å². The van der Waals surface area contributed by atoms with Gasteiger partial charge in [-0.05, 0) is 55.2 Å². The van der Waals surface area contributed by atoms with Gasteiger partial charge in [0.2, 0.25) is 0 Å². The summed E-state index contributed by atoms with van der Waals surface area (Å²) in [5, 5.41) is 12.8.